The van der Waals surface area contributed by atoms with Crippen molar-refractivity contribution in [3.8, 4) is 0 Å². The summed E-state index contributed by atoms with van der Waals surface area (Å²) in [5.74, 6) is -0.325. The molecule has 0 aliphatic heterocycles. The molecule has 0 spiro atoms. The molecule has 2 amide bonds. The second-order valence-electron chi connectivity index (χ2n) is 7.94. The fourth-order valence-electron chi connectivity index (χ4n) is 4.17. The number of anilines is 2. The molecular formula is C24H25N5O3. The monoisotopic (exact) mass is 431 g/mol. The van der Waals surface area contributed by atoms with Crippen LogP contribution >= 0.6 is 0 Å². The highest BCUT2D eigenvalue weighted by molar-refractivity contribution is 5.93. The van der Waals surface area contributed by atoms with E-state index in [-0.39, 0.29) is 17.4 Å². The van der Waals surface area contributed by atoms with Crippen molar-refractivity contribution in [2.75, 3.05) is 10.6 Å². The molecule has 164 valence electrons. The van der Waals surface area contributed by atoms with Crippen LogP contribution in [0.5, 0.6) is 0 Å². The zero-order valence-electron chi connectivity index (χ0n) is 17.5. The molecule has 1 fully saturated rings. The molecule has 0 saturated heterocycles. The molecule has 0 unspecified atom stereocenters. The summed E-state index contributed by atoms with van der Waals surface area (Å²) in [4.78, 5) is 32.8. The third kappa shape index (κ3) is 4.76. The Morgan fingerprint density at radius 1 is 0.906 bits per heavy atom. The van der Waals surface area contributed by atoms with E-state index >= 15 is 0 Å². The number of aromatic nitrogens is 2. The number of nitrogens with one attached hydrogen (secondary N) is 3. The Hall–Kier alpha value is -3.78. The molecule has 1 aliphatic rings. The second kappa shape index (κ2) is 9.57. The fraction of sp³-hybridized carbons (Fsp3) is 0.250. The normalized spacial score (nSPS) is 20.2. The molecule has 1 saturated carbocycles. The second-order valence-corrected chi connectivity index (χ2v) is 7.94. The van der Waals surface area contributed by atoms with Crippen LogP contribution in [0.15, 0.2) is 73.1 Å². The predicted molar refractivity (Wildman–Crippen MR) is 120 cm³/mol. The zero-order valence-corrected chi connectivity index (χ0v) is 17.5. The highest BCUT2D eigenvalue weighted by Gasteiger charge is 2.39. The molecule has 32 heavy (non-hydrogen) atoms. The minimum absolute atomic E-state index is 0.0356. The van der Waals surface area contributed by atoms with E-state index in [1.54, 1.807) is 5.48 Å². The molecule has 8 heteroatoms. The van der Waals surface area contributed by atoms with Crippen molar-refractivity contribution in [2.24, 2.45) is 5.92 Å². The minimum atomic E-state index is -0.667. The number of para-hydroxylation sites is 1. The van der Waals surface area contributed by atoms with Gasteiger partial charge in [-0.2, -0.15) is 0 Å². The molecule has 2 aromatic carbocycles. The Morgan fingerprint density at radius 3 is 2.09 bits per heavy atom. The first kappa shape index (κ1) is 21.5. The first-order valence-electron chi connectivity index (χ1n) is 10.6. The molecule has 4 rings (SSSR count). The van der Waals surface area contributed by atoms with E-state index in [1.165, 1.54) is 12.4 Å². The number of amides is 2. The van der Waals surface area contributed by atoms with Gasteiger partial charge in [0.2, 0.25) is 11.9 Å². The third-order valence-electron chi connectivity index (χ3n) is 5.94. The highest BCUT2D eigenvalue weighted by atomic mass is 16.5. The van der Waals surface area contributed by atoms with Crippen LogP contribution in [0.3, 0.4) is 0 Å². The third-order valence-corrected chi connectivity index (χ3v) is 5.94. The van der Waals surface area contributed by atoms with Crippen molar-refractivity contribution in [3.05, 3.63) is 84.2 Å². The van der Waals surface area contributed by atoms with Crippen LogP contribution in [0, 0.1) is 5.92 Å². The van der Waals surface area contributed by atoms with Gasteiger partial charge >= 0.3 is 0 Å². The highest BCUT2D eigenvalue weighted by Crippen LogP contribution is 2.42. The summed E-state index contributed by atoms with van der Waals surface area (Å²) in [5, 5.41) is 15.2. The summed E-state index contributed by atoms with van der Waals surface area (Å²) < 4.78 is 0. The van der Waals surface area contributed by atoms with E-state index in [0.717, 1.165) is 24.1 Å². The van der Waals surface area contributed by atoms with Crippen LogP contribution in [0.4, 0.5) is 11.6 Å². The van der Waals surface area contributed by atoms with E-state index in [1.807, 2.05) is 48.5 Å². The van der Waals surface area contributed by atoms with Gasteiger partial charge in [0.25, 0.3) is 5.91 Å². The zero-order chi connectivity index (χ0) is 22.4. The van der Waals surface area contributed by atoms with E-state index in [2.05, 4.69) is 32.7 Å². The number of benzene rings is 2. The quantitative estimate of drug-likeness (QED) is 0.349. The van der Waals surface area contributed by atoms with Crippen LogP contribution < -0.4 is 16.1 Å². The van der Waals surface area contributed by atoms with Crippen LogP contribution in [-0.4, -0.2) is 27.0 Å². The molecule has 8 nitrogen and oxygen atoms in total. The standard InChI is InChI=1S/C24H25N5O3/c30-21(27-20-9-5-2-6-10-20)17-11-13-24(14-12-17,19-7-3-1-4-8-19)28-23-25-15-18(16-26-23)22(31)29-32/h1-10,15-17,32H,11-14H2,(H,27,30)(H,29,31)(H,25,26,28). The molecule has 4 N–H and O–H groups in total. The van der Waals surface area contributed by atoms with E-state index < -0.39 is 11.4 Å². The van der Waals surface area contributed by atoms with Crippen LogP contribution in [0.1, 0.15) is 41.6 Å². The molecule has 3 aromatic rings. The average molecular weight is 431 g/mol. The summed E-state index contributed by atoms with van der Waals surface area (Å²) >= 11 is 0. The lowest BCUT2D eigenvalue weighted by Crippen LogP contribution is -2.42. The van der Waals surface area contributed by atoms with Gasteiger partial charge in [0.1, 0.15) is 0 Å². The van der Waals surface area contributed by atoms with E-state index in [4.69, 9.17) is 5.21 Å². The Kier molecular flexibility index (Phi) is 6.42. The van der Waals surface area contributed by atoms with Gasteiger partial charge in [0.05, 0.1) is 11.1 Å². The molecule has 0 radical (unpaired) electrons. The maximum Gasteiger partial charge on any atom is 0.277 e. The Bertz CT molecular complexity index is 1050. The first-order valence-corrected chi connectivity index (χ1v) is 10.6. The molecular weight excluding hydrogens is 406 g/mol. The van der Waals surface area contributed by atoms with Crippen molar-refractivity contribution in [1.29, 1.82) is 0 Å². The fourth-order valence-corrected chi connectivity index (χ4v) is 4.17. The van der Waals surface area contributed by atoms with Crippen LogP contribution in [0.2, 0.25) is 0 Å². The number of rotatable bonds is 6. The van der Waals surface area contributed by atoms with Crippen LogP contribution in [-0.2, 0) is 10.3 Å². The number of carbonyl (C=O) groups excluding carboxylic acids is 2. The number of carbonyl (C=O) groups is 2. The SMILES string of the molecule is O=C(NO)c1cnc(NC2(c3ccccc3)CCC(C(=O)Nc3ccccc3)CC2)nc1. The maximum absolute atomic E-state index is 12.8. The van der Waals surface area contributed by atoms with E-state index in [9.17, 15) is 9.59 Å². The van der Waals surface area contributed by atoms with Crippen molar-refractivity contribution >= 4 is 23.5 Å². The largest absolute Gasteiger partial charge is 0.345 e. The molecule has 1 aromatic heterocycles. The summed E-state index contributed by atoms with van der Waals surface area (Å²) in [7, 11) is 0. The van der Waals surface area contributed by atoms with Gasteiger partial charge in [-0.05, 0) is 43.4 Å². The van der Waals surface area contributed by atoms with Gasteiger partial charge in [-0.25, -0.2) is 15.4 Å². The Labute approximate surface area is 186 Å². The summed E-state index contributed by atoms with van der Waals surface area (Å²) in [6, 6.07) is 19.5. The lowest BCUT2D eigenvalue weighted by molar-refractivity contribution is -0.121. The van der Waals surface area contributed by atoms with Crippen molar-refractivity contribution in [2.45, 2.75) is 31.2 Å². The lowest BCUT2D eigenvalue weighted by Gasteiger charge is -2.41. The molecule has 1 aliphatic carbocycles. The average Bonchev–Trinajstić information content (AvgIpc) is 2.85. The molecule has 1 heterocycles. The van der Waals surface area contributed by atoms with E-state index in [0.29, 0.717) is 18.8 Å². The number of nitrogens with zero attached hydrogens (tertiary/aromatic N) is 2. The first-order chi connectivity index (χ1) is 15.6. The topological polar surface area (TPSA) is 116 Å². The van der Waals surface area contributed by atoms with Gasteiger partial charge < -0.3 is 10.6 Å². The van der Waals surface area contributed by atoms with Crippen molar-refractivity contribution in [3.63, 3.8) is 0 Å². The van der Waals surface area contributed by atoms with Gasteiger partial charge in [-0.1, -0.05) is 48.5 Å². The Morgan fingerprint density at radius 2 is 1.50 bits per heavy atom. The number of hydroxylamine groups is 1. The smallest absolute Gasteiger partial charge is 0.277 e. The molecule has 0 bridgehead atoms. The van der Waals surface area contributed by atoms with Crippen molar-refractivity contribution in [1.82, 2.24) is 15.4 Å². The summed E-state index contributed by atoms with van der Waals surface area (Å²) in [5.41, 5.74) is 3.21. The Balaban J connectivity index is 1.50. The van der Waals surface area contributed by atoms with Gasteiger partial charge in [0.15, 0.2) is 0 Å². The molecule has 0 atom stereocenters. The maximum atomic E-state index is 12.8. The minimum Gasteiger partial charge on any atom is -0.345 e. The summed E-state index contributed by atoms with van der Waals surface area (Å²) in [6.07, 6.45) is 5.60. The number of hydrogen-bond acceptors (Lipinski definition) is 6. The van der Waals surface area contributed by atoms with Gasteiger partial charge in [-0.15, -0.1) is 0 Å². The predicted octanol–water partition coefficient (Wildman–Crippen LogP) is 3.73. The van der Waals surface area contributed by atoms with Crippen molar-refractivity contribution < 1.29 is 14.8 Å². The summed E-state index contributed by atoms with van der Waals surface area (Å²) in [6.45, 7) is 0. The van der Waals surface area contributed by atoms with Crippen LogP contribution in [0.25, 0.3) is 0 Å². The van der Waals surface area contributed by atoms with Gasteiger partial charge in [0, 0.05) is 24.0 Å². The lowest BCUT2D eigenvalue weighted by atomic mass is 9.72. The van der Waals surface area contributed by atoms with Gasteiger partial charge in [-0.3, -0.25) is 14.8 Å². The number of hydrogen-bond donors (Lipinski definition) is 4.